The lowest BCUT2D eigenvalue weighted by molar-refractivity contribution is 0.416. The van der Waals surface area contributed by atoms with Crippen molar-refractivity contribution in [1.29, 1.82) is 0 Å². The molecule has 6 nitrogen and oxygen atoms in total. The molecule has 3 aromatic rings. The lowest BCUT2D eigenvalue weighted by Crippen LogP contribution is -2.09. The van der Waals surface area contributed by atoms with Crippen LogP contribution in [0.2, 0.25) is 0 Å². The topological polar surface area (TPSA) is 64.9 Å². The Labute approximate surface area is 171 Å². The van der Waals surface area contributed by atoms with Gasteiger partial charge >= 0.3 is 0 Å². The SMILES string of the molecule is C=C/C=C(\C=C)c1nc(NCCCn2ccnc2)cc(-c2ccccc2OC)n1. The van der Waals surface area contributed by atoms with Gasteiger partial charge in [0.1, 0.15) is 11.6 Å². The van der Waals surface area contributed by atoms with E-state index in [9.17, 15) is 0 Å². The zero-order valence-electron chi connectivity index (χ0n) is 16.6. The number of ether oxygens (including phenoxy) is 1. The van der Waals surface area contributed by atoms with Gasteiger partial charge in [0, 0.05) is 42.7 Å². The third-order valence-electron chi connectivity index (χ3n) is 4.34. The Bertz CT molecular complexity index is 992. The summed E-state index contributed by atoms with van der Waals surface area (Å²) in [6.07, 6.45) is 11.8. The number of imidazole rings is 1. The van der Waals surface area contributed by atoms with Crippen LogP contribution in [-0.4, -0.2) is 33.2 Å². The molecule has 3 rings (SSSR count). The van der Waals surface area contributed by atoms with Crippen molar-refractivity contribution in [2.75, 3.05) is 19.0 Å². The van der Waals surface area contributed by atoms with Crippen molar-refractivity contribution in [1.82, 2.24) is 19.5 Å². The molecule has 0 amide bonds. The Hall–Kier alpha value is -3.67. The summed E-state index contributed by atoms with van der Waals surface area (Å²) in [5.41, 5.74) is 2.49. The molecule has 6 heteroatoms. The Morgan fingerprint density at radius 2 is 2.10 bits per heavy atom. The number of methoxy groups -OCH3 is 1. The van der Waals surface area contributed by atoms with E-state index in [0.717, 1.165) is 47.9 Å². The molecule has 1 aromatic carbocycles. The molecule has 0 unspecified atom stereocenters. The molecule has 0 fully saturated rings. The first-order chi connectivity index (χ1) is 14.2. The van der Waals surface area contributed by atoms with Crippen LogP contribution in [0.3, 0.4) is 0 Å². The van der Waals surface area contributed by atoms with Gasteiger partial charge in [0.2, 0.25) is 0 Å². The highest BCUT2D eigenvalue weighted by Gasteiger charge is 2.12. The van der Waals surface area contributed by atoms with Gasteiger partial charge in [-0.2, -0.15) is 0 Å². The van der Waals surface area contributed by atoms with Crippen molar-refractivity contribution in [3.05, 3.63) is 86.3 Å². The van der Waals surface area contributed by atoms with Gasteiger partial charge in [-0.3, -0.25) is 0 Å². The number of rotatable bonds is 10. The van der Waals surface area contributed by atoms with E-state index in [1.54, 1.807) is 25.5 Å². The van der Waals surface area contributed by atoms with Gasteiger partial charge in [0.05, 0.1) is 19.1 Å². The molecule has 148 valence electrons. The van der Waals surface area contributed by atoms with Crippen LogP contribution in [-0.2, 0) is 6.54 Å². The molecule has 0 atom stereocenters. The summed E-state index contributed by atoms with van der Waals surface area (Å²) in [7, 11) is 1.66. The van der Waals surface area contributed by atoms with Gasteiger partial charge in [-0.25, -0.2) is 15.0 Å². The van der Waals surface area contributed by atoms with Gasteiger partial charge in [-0.05, 0) is 18.6 Å². The Morgan fingerprint density at radius 3 is 2.83 bits per heavy atom. The molecule has 0 saturated carbocycles. The number of benzene rings is 1. The molecule has 1 N–H and O–H groups in total. The molecule has 2 aromatic heterocycles. The second kappa shape index (κ2) is 10.0. The number of hydrogen-bond donors (Lipinski definition) is 1. The first kappa shape index (κ1) is 20.1. The minimum absolute atomic E-state index is 0.584. The van der Waals surface area contributed by atoms with E-state index in [4.69, 9.17) is 9.72 Å². The van der Waals surface area contributed by atoms with Crippen LogP contribution in [0.25, 0.3) is 16.8 Å². The zero-order valence-corrected chi connectivity index (χ0v) is 16.6. The molecule has 0 radical (unpaired) electrons. The molecule has 29 heavy (non-hydrogen) atoms. The summed E-state index contributed by atoms with van der Waals surface area (Å²) in [4.78, 5) is 13.5. The van der Waals surface area contributed by atoms with E-state index >= 15 is 0 Å². The van der Waals surface area contributed by atoms with E-state index in [0.29, 0.717) is 5.82 Å². The first-order valence-electron chi connectivity index (χ1n) is 9.42. The maximum atomic E-state index is 5.51. The van der Waals surface area contributed by atoms with Crippen LogP contribution in [0, 0.1) is 0 Å². The number of allylic oxidation sites excluding steroid dienone is 4. The van der Waals surface area contributed by atoms with Crippen LogP contribution in [0.1, 0.15) is 12.2 Å². The van der Waals surface area contributed by atoms with Crippen LogP contribution in [0.5, 0.6) is 5.75 Å². The summed E-state index contributed by atoms with van der Waals surface area (Å²) in [6.45, 7) is 9.30. The molecule has 0 saturated heterocycles. The molecular formula is C23H25N5O. The molecule has 0 bridgehead atoms. The number of aromatic nitrogens is 4. The monoisotopic (exact) mass is 387 g/mol. The lowest BCUT2D eigenvalue weighted by Gasteiger charge is -2.13. The van der Waals surface area contributed by atoms with Crippen LogP contribution in [0.4, 0.5) is 5.82 Å². The van der Waals surface area contributed by atoms with Crippen molar-refractivity contribution >= 4 is 11.4 Å². The molecule has 0 aliphatic carbocycles. The summed E-state index contributed by atoms with van der Waals surface area (Å²) < 4.78 is 7.56. The maximum Gasteiger partial charge on any atom is 0.162 e. The van der Waals surface area contributed by atoms with Crippen LogP contribution >= 0.6 is 0 Å². The number of anilines is 1. The molecule has 0 spiro atoms. The summed E-state index contributed by atoms with van der Waals surface area (Å²) >= 11 is 0. The van der Waals surface area contributed by atoms with Crippen molar-refractivity contribution in [2.24, 2.45) is 0 Å². The molecule has 2 heterocycles. The summed E-state index contributed by atoms with van der Waals surface area (Å²) in [5, 5.41) is 3.40. The van der Waals surface area contributed by atoms with E-state index in [2.05, 4.69) is 33.0 Å². The second-order valence-corrected chi connectivity index (χ2v) is 6.30. The average molecular weight is 387 g/mol. The van der Waals surface area contributed by atoms with Gasteiger partial charge in [-0.1, -0.05) is 43.5 Å². The second-order valence-electron chi connectivity index (χ2n) is 6.30. The molecule has 0 aliphatic heterocycles. The predicted octanol–water partition coefficient (Wildman–Crippen LogP) is 4.61. The van der Waals surface area contributed by atoms with E-state index in [-0.39, 0.29) is 0 Å². The van der Waals surface area contributed by atoms with Gasteiger partial charge < -0.3 is 14.6 Å². The fourth-order valence-corrected chi connectivity index (χ4v) is 2.92. The van der Waals surface area contributed by atoms with E-state index < -0.39 is 0 Å². The third kappa shape index (κ3) is 5.19. The van der Waals surface area contributed by atoms with Crippen molar-refractivity contribution < 1.29 is 4.74 Å². The first-order valence-corrected chi connectivity index (χ1v) is 9.42. The van der Waals surface area contributed by atoms with Crippen molar-refractivity contribution in [3.8, 4) is 17.0 Å². The quantitative estimate of drug-likeness (QED) is 0.407. The van der Waals surface area contributed by atoms with Gasteiger partial charge in [-0.15, -0.1) is 0 Å². The average Bonchev–Trinajstić information content (AvgIpc) is 3.28. The standard InChI is InChI=1S/C23H25N5O/c1-4-9-18(5-2)23-26-20(19-10-6-7-11-21(19)29-3)16-22(27-23)25-12-8-14-28-15-13-24-17-28/h4-7,9-11,13,15-17H,1-2,8,12,14H2,3H3,(H,25,26,27)/b18-9+. The summed E-state index contributed by atoms with van der Waals surface area (Å²) in [5.74, 6) is 2.09. The number of nitrogens with one attached hydrogen (secondary N) is 1. The van der Waals surface area contributed by atoms with E-state index in [1.807, 2.05) is 48.9 Å². The highest BCUT2D eigenvalue weighted by atomic mass is 16.5. The molecular weight excluding hydrogens is 362 g/mol. The number of hydrogen-bond acceptors (Lipinski definition) is 5. The van der Waals surface area contributed by atoms with Crippen molar-refractivity contribution in [2.45, 2.75) is 13.0 Å². The Balaban J connectivity index is 1.89. The summed E-state index contributed by atoms with van der Waals surface area (Å²) in [6, 6.07) is 9.74. The molecule has 0 aliphatic rings. The van der Waals surface area contributed by atoms with Crippen molar-refractivity contribution in [3.63, 3.8) is 0 Å². The zero-order chi connectivity index (χ0) is 20.5. The Morgan fingerprint density at radius 1 is 1.24 bits per heavy atom. The number of para-hydroxylation sites is 1. The highest BCUT2D eigenvalue weighted by Crippen LogP contribution is 2.30. The van der Waals surface area contributed by atoms with Crippen LogP contribution < -0.4 is 10.1 Å². The smallest absolute Gasteiger partial charge is 0.162 e. The fourth-order valence-electron chi connectivity index (χ4n) is 2.92. The number of aryl methyl sites for hydroxylation is 1. The Kier molecular flexibility index (Phi) is 6.95. The fraction of sp³-hybridized carbons (Fsp3) is 0.174. The van der Waals surface area contributed by atoms with Gasteiger partial charge in [0.15, 0.2) is 5.82 Å². The largest absolute Gasteiger partial charge is 0.496 e. The number of nitrogens with zero attached hydrogens (tertiary/aromatic N) is 4. The normalized spacial score (nSPS) is 11.1. The lowest BCUT2D eigenvalue weighted by atomic mass is 10.1. The minimum atomic E-state index is 0.584. The van der Waals surface area contributed by atoms with E-state index in [1.165, 1.54) is 0 Å². The third-order valence-corrected chi connectivity index (χ3v) is 4.34. The van der Waals surface area contributed by atoms with Gasteiger partial charge in [0.25, 0.3) is 0 Å². The highest BCUT2D eigenvalue weighted by molar-refractivity contribution is 5.75. The van der Waals surface area contributed by atoms with Crippen LogP contribution in [0.15, 0.2) is 80.4 Å². The predicted molar refractivity (Wildman–Crippen MR) is 118 cm³/mol. The minimum Gasteiger partial charge on any atom is -0.496 e. The maximum absolute atomic E-state index is 5.51.